The lowest BCUT2D eigenvalue weighted by atomic mass is 9.43. The van der Waals surface area contributed by atoms with Gasteiger partial charge in [-0.1, -0.05) is 20.8 Å². The van der Waals surface area contributed by atoms with Crippen molar-refractivity contribution < 1.29 is 38.1 Å². The maximum absolute atomic E-state index is 13.1. The molecule has 11 atom stereocenters. The van der Waals surface area contributed by atoms with E-state index < -0.39 is 0 Å². The van der Waals surface area contributed by atoms with E-state index in [1.165, 1.54) is 7.11 Å². The Morgan fingerprint density at radius 1 is 0.756 bits per heavy atom. The first-order valence-corrected chi connectivity index (χ1v) is 17.2. The minimum atomic E-state index is -0.363. The summed E-state index contributed by atoms with van der Waals surface area (Å²) in [6, 6.07) is 0. The Hall–Kier alpha value is -2.24. The van der Waals surface area contributed by atoms with E-state index in [0.29, 0.717) is 32.1 Å². The Labute approximate surface area is 268 Å². The predicted octanol–water partition coefficient (Wildman–Crippen LogP) is 3.24. The second-order valence-corrected chi connectivity index (χ2v) is 14.6. The first kappa shape index (κ1) is 35.6. The van der Waals surface area contributed by atoms with Crippen molar-refractivity contribution in [2.24, 2.45) is 63.5 Å². The average molecular weight is 636 g/mol. The third kappa shape index (κ3) is 7.35. The molecule has 4 fully saturated rings. The molecule has 4 aliphatic carbocycles. The second-order valence-electron chi connectivity index (χ2n) is 14.6. The van der Waals surface area contributed by atoms with Gasteiger partial charge in [0.1, 0.15) is 18.3 Å². The summed E-state index contributed by atoms with van der Waals surface area (Å²) < 4.78 is 23.5. The molecule has 0 aromatic carbocycles. The summed E-state index contributed by atoms with van der Waals surface area (Å²) in [5.41, 5.74) is 16.6. The zero-order valence-electron chi connectivity index (χ0n) is 27.8. The summed E-state index contributed by atoms with van der Waals surface area (Å²) in [7, 11) is 1.41. The van der Waals surface area contributed by atoms with Crippen molar-refractivity contribution >= 4 is 23.9 Å². The molecule has 11 heteroatoms. The van der Waals surface area contributed by atoms with Gasteiger partial charge in [0.25, 0.3) is 0 Å². The molecule has 0 bridgehead atoms. The lowest BCUT2D eigenvalue weighted by Crippen LogP contribution is -2.63. The molecule has 11 nitrogen and oxygen atoms in total. The van der Waals surface area contributed by atoms with Crippen LogP contribution in [-0.4, -0.2) is 68.9 Å². The van der Waals surface area contributed by atoms with E-state index in [9.17, 15) is 19.2 Å². The first-order valence-electron chi connectivity index (χ1n) is 17.2. The standard InChI is InChI=1S/C34H57N3O8/c1-20(5-8-28(38)42-4)23-6-7-24-32-25(19-27(34(23,24)3)45-31(41)12-16-37)33(2)13-9-22(43-29(39)10-14-35)17-21(33)18-26(32)44-30(40)11-15-36/h20-27,32H,5-19,35-37H2,1-4H3/t20-,21+,22-,23-,24+,25+,26-,27+,32+,33+,34-/m1/s1. The maximum Gasteiger partial charge on any atom is 0.307 e. The summed E-state index contributed by atoms with van der Waals surface area (Å²) in [6.07, 6.45) is 6.29. The van der Waals surface area contributed by atoms with Crippen LogP contribution in [0.2, 0.25) is 0 Å². The average Bonchev–Trinajstić information content (AvgIpc) is 3.35. The lowest BCUT2D eigenvalue weighted by Gasteiger charge is -2.64. The highest BCUT2D eigenvalue weighted by Crippen LogP contribution is 2.69. The zero-order chi connectivity index (χ0) is 32.9. The topological polar surface area (TPSA) is 183 Å². The van der Waals surface area contributed by atoms with Crippen LogP contribution in [0.5, 0.6) is 0 Å². The van der Waals surface area contributed by atoms with E-state index in [2.05, 4.69) is 20.8 Å². The van der Waals surface area contributed by atoms with E-state index in [1.807, 2.05) is 0 Å². The minimum Gasteiger partial charge on any atom is -0.469 e. The fourth-order valence-electron chi connectivity index (χ4n) is 10.2. The van der Waals surface area contributed by atoms with Crippen LogP contribution in [0.1, 0.15) is 97.8 Å². The fourth-order valence-corrected chi connectivity index (χ4v) is 10.2. The zero-order valence-corrected chi connectivity index (χ0v) is 27.8. The number of rotatable bonds is 13. The van der Waals surface area contributed by atoms with Crippen molar-refractivity contribution in [2.75, 3.05) is 26.7 Å². The molecule has 0 aliphatic heterocycles. The van der Waals surface area contributed by atoms with Gasteiger partial charge in [0, 0.05) is 37.4 Å². The number of methoxy groups -OCH3 is 1. The summed E-state index contributed by atoms with van der Waals surface area (Å²) in [5, 5.41) is 0. The number of ether oxygens (including phenoxy) is 4. The van der Waals surface area contributed by atoms with Gasteiger partial charge in [-0.05, 0) is 86.4 Å². The molecule has 4 aliphatic rings. The van der Waals surface area contributed by atoms with Crippen molar-refractivity contribution in [3.63, 3.8) is 0 Å². The van der Waals surface area contributed by atoms with Crippen molar-refractivity contribution in [3.8, 4) is 0 Å². The number of carbonyl (C=O) groups excluding carboxylic acids is 4. The summed E-state index contributed by atoms with van der Waals surface area (Å²) in [5.74, 6) is -0.0861. The van der Waals surface area contributed by atoms with Crippen LogP contribution in [0.15, 0.2) is 0 Å². The molecule has 0 unspecified atom stereocenters. The molecule has 0 spiro atoms. The van der Waals surface area contributed by atoms with E-state index in [1.54, 1.807) is 0 Å². The smallest absolute Gasteiger partial charge is 0.307 e. The number of carbonyl (C=O) groups is 4. The number of nitrogens with two attached hydrogens (primary N) is 3. The fraction of sp³-hybridized carbons (Fsp3) is 0.882. The van der Waals surface area contributed by atoms with Crippen LogP contribution in [0.4, 0.5) is 0 Å². The Bertz CT molecular complexity index is 1070. The van der Waals surface area contributed by atoms with Crippen LogP contribution in [0, 0.1) is 46.3 Å². The number of esters is 4. The van der Waals surface area contributed by atoms with Crippen LogP contribution in [0.25, 0.3) is 0 Å². The molecule has 256 valence electrons. The SMILES string of the molecule is COC(=O)CC[C@@H](C)[C@H]1CC[C@H]2[C@@H]3[C@H](OC(=O)CCN)C[C@@H]4C[C@H](OC(=O)CCN)CC[C@]4(C)[C@H]3C[C@H](OC(=O)CCN)[C@]12C. The first-order chi connectivity index (χ1) is 21.4. The minimum absolute atomic E-state index is 0.0941. The van der Waals surface area contributed by atoms with Gasteiger partial charge >= 0.3 is 23.9 Å². The Morgan fingerprint density at radius 2 is 1.38 bits per heavy atom. The Morgan fingerprint density at radius 3 is 2.00 bits per heavy atom. The van der Waals surface area contributed by atoms with Crippen LogP contribution >= 0.6 is 0 Å². The van der Waals surface area contributed by atoms with Crippen molar-refractivity contribution in [1.29, 1.82) is 0 Å². The van der Waals surface area contributed by atoms with Gasteiger partial charge in [-0.3, -0.25) is 19.2 Å². The monoisotopic (exact) mass is 635 g/mol. The highest BCUT2D eigenvalue weighted by atomic mass is 16.6. The van der Waals surface area contributed by atoms with Gasteiger partial charge in [-0.25, -0.2) is 0 Å². The van der Waals surface area contributed by atoms with E-state index in [-0.39, 0.29) is 127 Å². The van der Waals surface area contributed by atoms with Crippen molar-refractivity contribution in [3.05, 3.63) is 0 Å². The van der Waals surface area contributed by atoms with Crippen LogP contribution < -0.4 is 17.2 Å². The van der Waals surface area contributed by atoms with E-state index in [0.717, 1.165) is 25.7 Å². The number of fused-ring (bicyclic) bond motifs is 5. The number of hydrogen-bond donors (Lipinski definition) is 3. The molecule has 0 heterocycles. The van der Waals surface area contributed by atoms with Gasteiger partial charge < -0.3 is 36.1 Å². The predicted molar refractivity (Wildman–Crippen MR) is 167 cm³/mol. The van der Waals surface area contributed by atoms with Gasteiger partial charge in [-0.15, -0.1) is 0 Å². The summed E-state index contributed by atoms with van der Waals surface area (Å²) in [6.45, 7) is 7.50. The van der Waals surface area contributed by atoms with Crippen molar-refractivity contribution in [1.82, 2.24) is 0 Å². The molecule has 0 aromatic rings. The molecular formula is C34H57N3O8. The van der Waals surface area contributed by atoms with Gasteiger partial charge in [-0.2, -0.15) is 0 Å². The normalized spacial score (nSPS) is 37.8. The third-order valence-corrected chi connectivity index (χ3v) is 12.4. The third-order valence-electron chi connectivity index (χ3n) is 12.4. The molecule has 0 amide bonds. The second kappa shape index (κ2) is 15.1. The molecule has 0 radical (unpaired) electrons. The van der Waals surface area contributed by atoms with E-state index in [4.69, 9.17) is 36.1 Å². The molecule has 6 N–H and O–H groups in total. The van der Waals surface area contributed by atoms with Crippen LogP contribution in [-0.2, 0) is 38.1 Å². The lowest BCUT2D eigenvalue weighted by molar-refractivity contribution is -0.225. The van der Waals surface area contributed by atoms with Gasteiger partial charge in [0.15, 0.2) is 0 Å². The van der Waals surface area contributed by atoms with E-state index >= 15 is 0 Å². The Kier molecular flexibility index (Phi) is 12.0. The van der Waals surface area contributed by atoms with Gasteiger partial charge in [0.2, 0.25) is 0 Å². The quantitative estimate of drug-likeness (QED) is 0.199. The molecular weight excluding hydrogens is 578 g/mol. The molecule has 0 saturated heterocycles. The highest BCUT2D eigenvalue weighted by Gasteiger charge is 2.67. The molecule has 4 rings (SSSR count). The summed E-state index contributed by atoms with van der Waals surface area (Å²) >= 11 is 0. The van der Waals surface area contributed by atoms with Gasteiger partial charge in [0.05, 0.1) is 26.4 Å². The molecule has 0 aromatic heterocycles. The largest absolute Gasteiger partial charge is 0.469 e. The molecule has 4 saturated carbocycles. The molecule has 45 heavy (non-hydrogen) atoms. The highest BCUT2D eigenvalue weighted by molar-refractivity contribution is 5.71. The number of hydrogen-bond acceptors (Lipinski definition) is 11. The van der Waals surface area contributed by atoms with Crippen molar-refractivity contribution in [2.45, 2.75) is 116 Å². The summed E-state index contributed by atoms with van der Waals surface area (Å²) in [4.78, 5) is 50.5. The maximum atomic E-state index is 13.1. The van der Waals surface area contributed by atoms with Crippen LogP contribution in [0.3, 0.4) is 0 Å². The Balaban J connectivity index is 1.70.